The van der Waals surface area contributed by atoms with E-state index in [0.717, 1.165) is 63.9 Å². The minimum Gasteiger partial charge on any atom is -0.292 e. The molecule has 2 heterocycles. The van der Waals surface area contributed by atoms with Gasteiger partial charge in [-0.3, -0.25) is 9.13 Å². The number of nitrogens with zero attached hydrogens (tertiary/aromatic N) is 5. The molecule has 0 amide bonds. The molecule has 0 unspecified atom stereocenters. The number of rotatable bonds is 9. The number of para-hydroxylation sites is 1. The molecule has 0 aliphatic rings. The number of H-pyrrole nitrogens is 1. The molecule has 0 spiro atoms. The lowest BCUT2D eigenvalue weighted by Crippen LogP contribution is -2.25. The lowest BCUT2D eigenvalue weighted by molar-refractivity contribution is 0.564. The fourth-order valence-corrected chi connectivity index (χ4v) is 4.52. The molecule has 0 atom stereocenters. The summed E-state index contributed by atoms with van der Waals surface area (Å²) in [5.74, 6) is -0.974. The van der Waals surface area contributed by atoms with Gasteiger partial charge < -0.3 is 0 Å². The maximum absolute atomic E-state index is 14.5. The van der Waals surface area contributed by atoms with Gasteiger partial charge in [-0.15, -0.1) is 5.10 Å². The van der Waals surface area contributed by atoms with Crippen molar-refractivity contribution in [1.29, 1.82) is 0 Å². The zero-order valence-corrected chi connectivity index (χ0v) is 20.4. The number of tetrazole rings is 1. The fraction of sp³-hybridized carbons (Fsp3) is 0.214. The molecule has 5 aromatic rings. The standard InChI is InChI=1S/C28H26F2N6O/c1-2-3-4-8-21-18-36(26-24(29)11-7-12-25(26)30)28(37)35(21)17-19-13-15-20(16-14-19)22-9-5-6-10-23(22)27-31-33-34-32-27/h5-7,9-16,18H,2-4,8,17H2,1H3,(H,31,32,33,34). The van der Waals surface area contributed by atoms with Crippen LogP contribution in [0.1, 0.15) is 37.4 Å². The van der Waals surface area contributed by atoms with Crippen molar-refractivity contribution in [2.24, 2.45) is 0 Å². The minimum atomic E-state index is -0.774. The van der Waals surface area contributed by atoms with E-state index in [4.69, 9.17) is 0 Å². The normalized spacial score (nSPS) is 11.2. The fourth-order valence-electron chi connectivity index (χ4n) is 4.52. The first-order valence-corrected chi connectivity index (χ1v) is 12.2. The van der Waals surface area contributed by atoms with Gasteiger partial charge >= 0.3 is 5.69 Å². The number of imidazole rings is 1. The highest BCUT2D eigenvalue weighted by Gasteiger charge is 2.18. The van der Waals surface area contributed by atoms with Crippen molar-refractivity contribution in [3.05, 3.63) is 106 Å². The average Bonchev–Trinajstić information content (AvgIpc) is 3.55. The van der Waals surface area contributed by atoms with Crippen molar-refractivity contribution >= 4 is 0 Å². The van der Waals surface area contributed by atoms with Gasteiger partial charge in [0.2, 0.25) is 0 Å². The number of nitrogens with one attached hydrogen (secondary N) is 1. The minimum absolute atomic E-state index is 0.289. The van der Waals surface area contributed by atoms with E-state index in [1.807, 2.05) is 48.5 Å². The Bertz CT molecular complexity index is 1530. The summed E-state index contributed by atoms with van der Waals surface area (Å²) < 4.78 is 31.7. The maximum Gasteiger partial charge on any atom is 0.333 e. The summed E-state index contributed by atoms with van der Waals surface area (Å²) in [5.41, 5.74) is 3.63. The maximum atomic E-state index is 14.5. The first-order valence-electron chi connectivity index (χ1n) is 12.2. The lowest BCUT2D eigenvalue weighted by atomic mass is 9.98. The molecule has 9 heteroatoms. The first kappa shape index (κ1) is 24.3. The molecule has 37 heavy (non-hydrogen) atoms. The highest BCUT2D eigenvalue weighted by atomic mass is 19.1. The smallest absolute Gasteiger partial charge is 0.292 e. The number of halogens is 2. The summed E-state index contributed by atoms with van der Waals surface area (Å²) in [4.78, 5) is 13.4. The van der Waals surface area contributed by atoms with Gasteiger partial charge in [0.1, 0.15) is 17.3 Å². The second kappa shape index (κ2) is 10.7. The second-order valence-electron chi connectivity index (χ2n) is 8.88. The molecule has 1 N–H and O–H groups in total. The Morgan fingerprint density at radius 3 is 2.30 bits per heavy atom. The zero-order chi connectivity index (χ0) is 25.8. The molecule has 0 aliphatic heterocycles. The molecule has 7 nitrogen and oxygen atoms in total. The monoisotopic (exact) mass is 500 g/mol. The molecular formula is C28H26F2N6O. The van der Waals surface area contributed by atoms with Gasteiger partial charge in [0.25, 0.3) is 0 Å². The van der Waals surface area contributed by atoms with Crippen LogP contribution >= 0.6 is 0 Å². The van der Waals surface area contributed by atoms with E-state index < -0.39 is 17.3 Å². The van der Waals surface area contributed by atoms with Crippen LogP contribution in [0.4, 0.5) is 8.78 Å². The predicted molar refractivity (Wildman–Crippen MR) is 137 cm³/mol. The number of aromatic amines is 1. The van der Waals surface area contributed by atoms with Crippen LogP contribution in [0.3, 0.4) is 0 Å². The van der Waals surface area contributed by atoms with E-state index in [2.05, 4.69) is 27.5 Å². The Kier molecular flexibility index (Phi) is 7.02. The van der Waals surface area contributed by atoms with Crippen LogP contribution < -0.4 is 5.69 Å². The van der Waals surface area contributed by atoms with E-state index >= 15 is 0 Å². The summed E-state index contributed by atoms with van der Waals surface area (Å²) in [5, 5.41) is 14.2. The Morgan fingerprint density at radius 1 is 0.892 bits per heavy atom. The summed E-state index contributed by atoms with van der Waals surface area (Å²) in [6.45, 7) is 2.39. The third-order valence-corrected chi connectivity index (χ3v) is 6.41. The molecule has 2 aromatic heterocycles. The quantitative estimate of drug-likeness (QED) is 0.269. The lowest BCUT2D eigenvalue weighted by Gasteiger charge is -2.10. The zero-order valence-electron chi connectivity index (χ0n) is 20.4. The van der Waals surface area contributed by atoms with Gasteiger partial charge in [-0.1, -0.05) is 74.4 Å². The van der Waals surface area contributed by atoms with Crippen molar-refractivity contribution in [3.63, 3.8) is 0 Å². The Hall–Kier alpha value is -4.40. The van der Waals surface area contributed by atoms with Crippen LogP contribution in [0.15, 0.2) is 77.7 Å². The molecule has 188 valence electrons. The number of hydrogen-bond acceptors (Lipinski definition) is 4. The largest absolute Gasteiger partial charge is 0.333 e. The highest BCUT2D eigenvalue weighted by Crippen LogP contribution is 2.30. The number of unbranched alkanes of at least 4 members (excludes halogenated alkanes) is 2. The Morgan fingerprint density at radius 2 is 1.62 bits per heavy atom. The third-order valence-electron chi connectivity index (χ3n) is 6.41. The van der Waals surface area contributed by atoms with E-state index in [9.17, 15) is 13.6 Å². The van der Waals surface area contributed by atoms with Gasteiger partial charge in [0.15, 0.2) is 5.82 Å². The van der Waals surface area contributed by atoms with Gasteiger partial charge in [0, 0.05) is 17.5 Å². The molecule has 0 saturated carbocycles. The SMILES string of the molecule is CCCCCc1cn(-c2c(F)cccc2F)c(=O)n1Cc1ccc(-c2ccccc2-c2nnn[nH]2)cc1. The van der Waals surface area contributed by atoms with Gasteiger partial charge in [-0.05, 0) is 52.1 Å². The van der Waals surface area contributed by atoms with Gasteiger partial charge in [-0.2, -0.15) is 0 Å². The topological polar surface area (TPSA) is 81.4 Å². The van der Waals surface area contributed by atoms with Crippen LogP contribution in [0.2, 0.25) is 0 Å². The van der Waals surface area contributed by atoms with Crippen molar-refractivity contribution < 1.29 is 8.78 Å². The van der Waals surface area contributed by atoms with E-state index in [1.165, 1.54) is 6.07 Å². The molecule has 0 bridgehead atoms. The highest BCUT2D eigenvalue weighted by molar-refractivity contribution is 5.80. The molecule has 3 aromatic carbocycles. The van der Waals surface area contributed by atoms with Gasteiger partial charge in [0.05, 0.1) is 6.54 Å². The molecular weight excluding hydrogens is 474 g/mol. The molecule has 0 aliphatic carbocycles. The number of benzene rings is 3. The number of aryl methyl sites for hydroxylation is 1. The van der Waals surface area contributed by atoms with Crippen LogP contribution in [0.5, 0.6) is 0 Å². The van der Waals surface area contributed by atoms with Crippen molar-refractivity contribution in [2.45, 2.75) is 39.2 Å². The Labute approximate surface area is 212 Å². The van der Waals surface area contributed by atoms with Crippen molar-refractivity contribution in [2.75, 3.05) is 0 Å². The molecule has 0 saturated heterocycles. The number of hydrogen-bond donors (Lipinski definition) is 1. The van der Waals surface area contributed by atoms with Crippen molar-refractivity contribution in [3.8, 4) is 28.2 Å². The van der Waals surface area contributed by atoms with E-state index in [-0.39, 0.29) is 12.2 Å². The van der Waals surface area contributed by atoms with Gasteiger partial charge in [-0.25, -0.2) is 18.7 Å². The summed E-state index contributed by atoms with van der Waals surface area (Å²) in [6.07, 6.45) is 5.12. The molecule has 0 fully saturated rings. The Balaban J connectivity index is 1.48. The van der Waals surface area contributed by atoms with Crippen LogP contribution in [-0.4, -0.2) is 29.8 Å². The van der Waals surface area contributed by atoms with Crippen LogP contribution in [-0.2, 0) is 13.0 Å². The van der Waals surface area contributed by atoms with E-state index in [0.29, 0.717) is 12.2 Å². The van der Waals surface area contributed by atoms with Crippen LogP contribution in [0.25, 0.3) is 28.2 Å². The number of aromatic nitrogens is 6. The second-order valence-corrected chi connectivity index (χ2v) is 8.88. The van der Waals surface area contributed by atoms with Crippen LogP contribution in [0, 0.1) is 11.6 Å². The molecule has 0 radical (unpaired) electrons. The first-order chi connectivity index (χ1) is 18.1. The predicted octanol–water partition coefficient (Wildman–Crippen LogP) is 5.55. The average molecular weight is 501 g/mol. The van der Waals surface area contributed by atoms with Crippen molar-refractivity contribution in [1.82, 2.24) is 29.8 Å². The van der Waals surface area contributed by atoms with E-state index in [1.54, 1.807) is 10.8 Å². The summed E-state index contributed by atoms with van der Waals surface area (Å²) in [7, 11) is 0. The molecule has 5 rings (SSSR count). The third kappa shape index (κ3) is 4.97. The summed E-state index contributed by atoms with van der Waals surface area (Å²) in [6, 6.07) is 19.3. The summed E-state index contributed by atoms with van der Waals surface area (Å²) >= 11 is 0.